The Morgan fingerprint density at radius 1 is 1.15 bits per heavy atom. The van der Waals surface area contributed by atoms with Crippen LogP contribution in [0.1, 0.15) is 25.0 Å². The Bertz CT molecular complexity index is 1290. The van der Waals surface area contributed by atoms with Gasteiger partial charge < -0.3 is 25.4 Å². The van der Waals surface area contributed by atoms with Gasteiger partial charge in [-0.15, -0.1) is 0 Å². The van der Waals surface area contributed by atoms with Crippen molar-refractivity contribution in [1.29, 1.82) is 0 Å². The zero-order valence-electron chi connectivity index (χ0n) is 23.0. The third-order valence-corrected chi connectivity index (χ3v) is 6.97. The molecule has 0 spiro atoms. The number of benzene rings is 2. The van der Waals surface area contributed by atoms with Crippen molar-refractivity contribution in [2.45, 2.75) is 39.0 Å². The number of amides is 3. The van der Waals surface area contributed by atoms with Gasteiger partial charge in [-0.25, -0.2) is 9.18 Å². The summed E-state index contributed by atoms with van der Waals surface area (Å²) >= 11 is 0. The number of halogens is 1. The van der Waals surface area contributed by atoms with E-state index in [4.69, 9.17) is 4.74 Å². The fourth-order valence-electron chi connectivity index (χ4n) is 4.72. The maximum Gasteiger partial charge on any atom is 0.323 e. The van der Waals surface area contributed by atoms with Crippen molar-refractivity contribution in [1.82, 2.24) is 14.8 Å². The second kappa shape index (κ2) is 13.4. The molecule has 40 heavy (non-hydrogen) atoms. The van der Waals surface area contributed by atoms with Crippen LogP contribution >= 0.6 is 0 Å². The van der Waals surface area contributed by atoms with Gasteiger partial charge in [-0.1, -0.05) is 6.92 Å². The molecule has 3 amide bonds. The van der Waals surface area contributed by atoms with E-state index >= 15 is 0 Å². The van der Waals surface area contributed by atoms with Gasteiger partial charge >= 0.3 is 6.03 Å². The second-order valence-corrected chi connectivity index (χ2v) is 10.3. The first-order valence-electron chi connectivity index (χ1n) is 13.3. The molecule has 1 aromatic heterocycles. The molecule has 3 N–H and O–H groups in total. The van der Waals surface area contributed by atoms with Crippen molar-refractivity contribution in [3.8, 4) is 5.75 Å². The van der Waals surface area contributed by atoms with Crippen LogP contribution in [-0.2, 0) is 17.8 Å². The Hall–Kier alpha value is -4.02. The fourth-order valence-corrected chi connectivity index (χ4v) is 4.72. The first kappa shape index (κ1) is 29.0. The predicted octanol–water partition coefficient (Wildman–Crippen LogP) is 4.15. The van der Waals surface area contributed by atoms with Crippen LogP contribution in [0, 0.1) is 11.7 Å². The summed E-state index contributed by atoms with van der Waals surface area (Å²) in [5, 5.41) is 15.3. The average Bonchev–Trinajstić information content (AvgIpc) is 2.97. The Morgan fingerprint density at radius 3 is 2.52 bits per heavy atom. The normalized spacial score (nSPS) is 18.1. The van der Waals surface area contributed by atoms with E-state index in [-0.39, 0.29) is 37.0 Å². The van der Waals surface area contributed by atoms with Crippen molar-refractivity contribution < 1.29 is 23.8 Å². The first-order chi connectivity index (χ1) is 19.2. The number of anilines is 2. The molecule has 4 rings (SSSR count). The molecule has 2 aromatic carbocycles. The Morgan fingerprint density at radius 2 is 1.82 bits per heavy atom. The van der Waals surface area contributed by atoms with Crippen LogP contribution in [-0.4, -0.2) is 70.7 Å². The number of aromatic nitrogens is 1. The lowest BCUT2D eigenvalue weighted by molar-refractivity contribution is -0.134. The van der Waals surface area contributed by atoms with Gasteiger partial charge in [-0.05, 0) is 74.1 Å². The molecule has 2 heterocycles. The van der Waals surface area contributed by atoms with Crippen LogP contribution in [0.25, 0.3) is 0 Å². The number of ether oxygens (including phenoxy) is 1. The van der Waals surface area contributed by atoms with Gasteiger partial charge in [0, 0.05) is 54.9 Å². The lowest BCUT2D eigenvalue weighted by Gasteiger charge is -2.34. The number of pyridine rings is 1. The second-order valence-electron chi connectivity index (χ2n) is 10.3. The molecular formula is C30H36FN5O4. The zero-order chi connectivity index (χ0) is 28.6. The highest BCUT2D eigenvalue weighted by Gasteiger charge is 2.31. The van der Waals surface area contributed by atoms with Gasteiger partial charge in [0.2, 0.25) is 5.91 Å². The Balaban J connectivity index is 1.55. The van der Waals surface area contributed by atoms with Crippen LogP contribution in [0.2, 0.25) is 0 Å². The van der Waals surface area contributed by atoms with E-state index < -0.39 is 11.8 Å². The highest BCUT2D eigenvalue weighted by Crippen LogP contribution is 2.29. The minimum atomic E-state index is -0.498. The van der Waals surface area contributed by atoms with Crippen LogP contribution in [0.15, 0.2) is 67.0 Å². The summed E-state index contributed by atoms with van der Waals surface area (Å²) in [7, 11) is 2.02. The molecular weight excluding hydrogens is 513 g/mol. The minimum Gasteiger partial charge on any atom is -0.488 e. The quantitative estimate of drug-likeness (QED) is 0.390. The molecule has 1 aliphatic heterocycles. The number of likely N-dealkylation sites (N-methyl/N-ethyl adjacent to an activating group) is 1. The molecule has 212 valence electrons. The number of fused-ring (bicyclic) bond motifs is 1. The van der Waals surface area contributed by atoms with Crippen molar-refractivity contribution in [2.24, 2.45) is 5.92 Å². The van der Waals surface area contributed by atoms with E-state index in [1.165, 1.54) is 24.3 Å². The molecule has 0 bridgehead atoms. The van der Waals surface area contributed by atoms with Crippen molar-refractivity contribution in [3.05, 3.63) is 83.9 Å². The monoisotopic (exact) mass is 549 g/mol. The molecule has 0 aliphatic carbocycles. The Kier molecular flexibility index (Phi) is 9.68. The van der Waals surface area contributed by atoms with Gasteiger partial charge in [-0.3, -0.25) is 14.7 Å². The minimum absolute atomic E-state index is 0.0249. The van der Waals surface area contributed by atoms with E-state index in [1.807, 2.05) is 26.1 Å². The summed E-state index contributed by atoms with van der Waals surface area (Å²) in [6.07, 6.45) is 3.35. The third-order valence-electron chi connectivity index (χ3n) is 6.97. The van der Waals surface area contributed by atoms with Crippen molar-refractivity contribution in [2.75, 3.05) is 37.4 Å². The number of hydrogen-bond donors (Lipinski definition) is 3. The molecule has 0 saturated heterocycles. The molecule has 0 fully saturated rings. The molecule has 0 radical (unpaired) electrons. The molecule has 3 aromatic rings. The van der Waals surface area contributed by atoms with Crippen LogP contribution in [0.5, 0.6) is 5.75 Å². The highest BCUT2D eigenvalue weighted by atomic mass is 19.1. The van der Waals surface area contributed by atoms with Crippen LogP contribution in [0.4, 0.5) is 20.6 Å². The van der Waals surface area contributed by atoms with Gasteiger partial charge in [-0.2, -0.15) is 0 Å². The molecule has 10 heteroatoms. The first-order valence-corrected chi connectivity index (χ1v) is 13.3. The van der Waals surface area contributed by atoms with E-state index in [1.54, 1.807) is 35.5 Å². The maximum atomic E-state index is 13.4. The molecule has 0 saturated carbocycles. The summed E-state index contributed by atoms with van der Waals surface area (Å²) in [6, 6.07) is 13.8. The topological polar surface area (TPSA) is 107 Å². The molecule has 3 atom stereocenters. The highest BCUT2D eigenvalue weighted by molar-refractivity contribution is 5.99. The number of urea groups is 1. The number of carbonyl (C=O) groups is 2. The van der Waals surface area contributed by atoms with E-state index in [0.29, 0.717) is 42.3 Å². The molecule has 9 nitrogen and oxygen atoms in total. The largest absolute Gasteiger partial charge is 0.488 e. The van der Waals surface area contributed by atoms with E-state index in [9.17, 15) is 19.1 Å². The van der Waals surface area contributed by atoms with E-state index in [0.717, 1.165) is 5.56 Å². The number of carbonyl (C=O) groups excluding carboxylic acids is 2. The standard InChI is InChI=1S/C30H36FN5O4/c1-20-16-36(21(2)19-37)29(38)15-23-14-26(34-30(39)33-25-6-4-24(31)5-7-25)8-9-27(23)40-28(20)18-35(3)17-22-10-12-32-13-11-22/h4-14,20-21,28,37H,15-19H2,1-3H3,(H2,33,34,39)/t20-,21+,28?/m1/s1. The lowest BCUT2D eigenvalue weighted by atomic mass is 10.0. The predicted molar refractivity (Wildman–Crippen MR) is 152 cm³/mol. The number of nitrogens with zero attached hydrogens (tertiary/aromatic N) is 3. The fraction of sp³-hybridized carbons (Fsp3) is 0.367. The summed E-state index contributed by atoms with van der Waals surface area (Å²) in [4.78, 5) is 33.9. The van der Waals surface area contributed by atoms with E-state index in [2.05, 4.69) is 27.4 Å². The van der Waals surface area contributed by atoms with Gasteiger partial charge in [0.25, 0.3) is 0 Å². The maximum absolute atomic E-state index is 13.4. The van der Waals surface area contributed by atoms with Crippen molar-refractivity contribution in [3.63, 3.8) is 0 Å². The number of nitrogens with one attached hydrogen (secondary N) is 2. The van der Waals surface area contributed by atoms with Gasteiger partial charge in [0.15, 0.2) is 0 Å². The lowest BCUT2D eigenvalue weighted by Crippen LogP contribution is -2.47. The summed E-state index contributed by atoms with van der Waals surface area (Å²) in [5.41, 5.74) is 2.70. The van der Waals surface area contributed by atoms with Crippen LogP contribution in [0.3, 0.4) is 0 Å². The van der Waals surface area contributed by atoms with Crippen molar-refractivity contribution >= 4 is 23.3 Å². The SMILES string of the molecule is C[C@@H]1CN([C@@H](C)CO)C(=O)Cc2cc(NC(=O)Nc3ccc(F)cc3)ccc2OC1CN(C)Cc1ccncc1. The number of rotatable bonds is 8. The molecule has 1 unspecified atom stereocenters. The van der Waals surface area contributed by atoms with Crippen LogP contribution < -0.4 is 15.4 Å². The number of aliphatic hydroxyl groups excluding tert-OH is 1. The zero-order valence-corrected chi connectivity index (χ0v) is 23.0. The summed E-state index contributed by atoms with van der Waals surface area (Å²) < 4.78 is 19.7. The van der Waals surface area contributed by atoms with Gasteiger partial charge in [0.05, 0.1) is 19.1 Å². The summed E-state index contributed by atoms with van der Waals surface area (Å²) in [6.45, 7) is 5.49. The average molecular weight is 550 g/mol. The number of hydrogen-bond acceptors (Lipinski definition) is 6. The van der Waals surface area contributed by atoms with Gasteiger partial charge in [0.1, 0.15) is 17.7 Å². The Labute approximate surface area is 234 Å². The summed E-state index contributed by atoms with van der Waals surface area (Å²) in [5.74, 6) is 0.0273. The molecule has 1 aliphatic rings. The smallest absolute Gasteiger partial charge is 0.323 e. The number of aliphatic hydroxyl groups is 1. The third kappa shape index (κ3) is 7.77.